The molecule has 74 heavy (non-hydrogen) atoms. The normalized spacial score (nSPS) is 41.2. The molecular weight excluding hydrogens is 1010 g/mol. The van der Waals surface area contributed by atoms with Crippen LogP contribution in [-0.4, -0.2) is 96.1 Å². The maximum atomic E-state index is 14.1. The third kappa shape index (κ3) is 9.56. The van der Waals surface area contributed by atoms with Gasteiger partial charge in [0.1, 0.15) is 28.9 Å². The number of aromatic nitrogens is 6. The van der Waals surface area contributed by atoms with Gasteiger partial charge in [0.15, 0.2) is 17.4 Å². The number of aromatic amines is 1. The third-order valence-corrected chi connectivity index (χ3v) is 22.7. The topological polar surface area (TPSA) is 165 Å². The summed E-state index contributed by atoms with van der Waals surface area (Å²) in [6.07, 6.45) is 19.6. The number of nitrogens with one attached hydrogen (secondary N) is 1. The van der Waals surface area contributed by atoms with Crippen LogP contribution in [0, 0.1) is 92.5 Å². The van der Waals surface area contributed by atoms with Crippen molar-refractivity contribution in [1.82, 2.24) is 30.4 Å². The average Bonchev–Trinajstić information content (AvgIpc) is 4.28. The van der Waals surface area contributed by atoms with Crippen LogP contribution in [-0.2, 0) is 25.6 Å². The Labute approximate surface area is 455 Å². The molecule has 0 bridgehead atoms. The summed E-state index contributed by atoms with van der Waals surface area (Å²) in [7, 11) is 3.69. The van der Waals surface area contributed by atoms with Crippen LogP contribution in [0.2, 0.25) is 0 Å². The number of Topliss-reactive ketones (excluding diaryl/α,β-unsaturated/α-hetero) is 2. The summed E-state index contributed by atoms with van der Waals surface area (Å²) in [6.45, 7) is 10.6. The zero-order valence-electron chi connectivity index (χ0n) is 50.2. The van der Waals surface area contributed by atoms with Crippen LogP contribution in [0.5, 0.6) is 0 Å². The smallest absolute Gasteiger partial charge is 0.157 e. The van der Waals surface area contributed by atoms with E-state index in [9.17, 15) is 28.6 Å². The number of nitrogens with zero attached hydrogens (tertiary/aromatic N) is 5. The fraction of sp³-hybridized carbons (Fsp3) is 0.763. The first-order chi connectivity index (χ1) is 37.8. The highest BCUT2D eigenvalue weighted by Crippen LogP contribution is 2.70. The van der Waals surface area contributed by atoms with Crippen LogP contribution >= 0.6 is 15.9 Å². The van der Waals surface area contributed by atoms with Crippen molar-refractivity contribution in [3.05, 3.63) is 48.0 Å². The predicted molar refractivity (Wildman–Crippen MR) is 292 cm³/mol. The largest absolute Gasteiger partial charge is 0.390 e. The minimum Gasteiger partial charge on any atom is -0.390 e. The molecule has 414 valence electrons. The Hall–Kier alpha value is -3.24. The maximum absolute atomic E-state index is 14.1. The summed E-state index contributed by atoms with van der Waals surface area (Å²) < 4.78 is 70.1. The van der Waals surface area contributed by atoms with Gasteiger partial charge in [0.25, 0.3) is 0 Å². The van der Waals surface area contributed by atoms with E-state index in [1.165, 1.54) is 50.7 Å². The van der Waals surface area contributed by atoms with Crippen molar-refractivity contribution in [3.8, 4) is 0 Å². The van der Waals surface area contributed by atoms with Gasteiger partial charge < -0.3 is 19.7 Å². The molecule has 0 unspecified atom stereocenters. The van der Waals surface area contributed by atoms with Crippen LogP contribution in [0.15, 0.2) is 36.4 Å². The van der Waals surface area contributed by atoms with Gasteiger partial charge in [0, 0.05) is 35.0 Å². The number of H-pyrrole nitrogens is 1. The maximum Gasteiger partial charge on any atom is 0.157 e. The Balaban J connectivity index is 0.000000206. The van der Waals surface area contributed by atoms with Gasteiger partial charge in [-0.25, -0.2) is 13.5 Å². The lowest BCUT2D eigenvalue weighted by Crippen LogP contribution is -2.58. The molecule has 8 fully saturated rings. The molecule has 2 aromatic heterocycles. The summed E-state index contributed by atoms with van der Waals surface area (Å²) in [6, 6.07) is 9.45. The van der Waals surface area contributed by atoms with E-state index in [1.54, 1.807) is 28.9 Å². The second kappa shape index (κ2) is 21.2. The number of halogens is 3. The van der Waals surface area contributed by atoms with Crippen LogP contribution < -0.4 is 0 Å². The molecule has 0 radical (unpaired) electrons. The van der Waals surface area contributed by atoms with Gasteiger partial charge in [-0.3, -0.25) is 9.59 Å². The third-order valence-electron chi connectivity index (χ3n) is 22.1. The standard InChI is InChI=1S/C29H40FN3O3.C23H37BrO3.C6H4FN3.CH4.3H2/c1-27(35)13-14-29(17-36-3)18(15-27)7-8-19-20-9-10-22(28(20,2)12-11-21(19)29)25(34)16-33-24-6-4-5-23(30)26(24)31-32-33;1-21(26)10-11-23(14-27-3)15(12-21)4-5-16-17-6-7-19(20(25)13-24)22(17,2)9-8-18(16)23;7-4-2-1-3-5-6(4)9-10-8-5;;;;/h4-6,18-22,35H,7-17H2,1-3H3;15-19,26H,4-14H2,1-3H3;1-3H,(H,8,9,10);1H4;3*1H/t18-,19+,20+,21+,22-,27-,28+,29-;15-,16+,17+,18+,19-,21-,22+,23-;;;;;/m11...../s1/i;;;;3*1+1D. The number of methoxy groups -OCH3 is 2. The van der Waals surface area contributed by atoms with Crippen molar-refractivity contribution in [2.24, 2.45) is 80.8 Å². The fourth-order valence-corrected chi connectivity index (χ4v) is 19.3. The van der Waals surface area contributed by atoms with Crippen LogP contribution in [0.4, 0.5) is 8.78 Å². The van der Waals surface area contributed by atoms with Crippen molar-refractivity contribution in [1.29, 1.82) is 0 Å². The van der Waals surface area contributed by atoms with Gasteiger partial charge in [-0.1, -0.05) is 54.6 Å². The number of alkyl halides is 1. The van der Waals surface area contributed by atoms with Gasteiger partial charge in [-0.15, -0.1) is 5.10 Å². The first kappa shape index (κ1) is 51.5. The van der Waals surface area contributed by atoms with Crippen LogP contribution in [0.25, 0.3) is 22.1 Å². The van der Waals surface area contributed by atoms with E-state index in [0.29, 0.717) is 69.1 Å². The van der Waals surface area contributed by atoms with Crippen molar-refractivity contribution in [3.63, 3.8) is 0 Å². The summed E-state index contributed by atoms with van der Waals surface area (Å²) in [5.41, 5.74) is 1.21. The highest BCUT2D eigenvalue weighted by molar-refractivity contribution is 9.09. The lowest BCUT2D eigenvalue weighted by molar-refractivity contribution is -0.175. The van der Waals surface area contributed by atoms with E-state index < -0.39 is 17.0 Å². The Morgan fingerprint density at radius 3 is 1.72 bits per heavy atom. The predicted octanol–water partition coefficient (Wildman–Crippen LogP) is 12.6. The average molecular weight is 1100 g/mol. The van der Waals surface area contributed by atoms with Crippen LogP contribution in [0.1, 0.15) is 160 Å². The quantitative estimate of drug-likeness (QED) is 0.137. The van der Waals surface area contributed by atoms with E-state index in [1.807, 2.05) is 28.1 Å². The number of hydrogen-bond donors (Lipinski definition) is 3. The van der Waals surface area contributed by atoms with E-state index in [2.05, 4.69) is 55.5 Å². The molecule has 8 saturated carbocycles. The molecule has 4 aromatic rings. The summed E-state index contributed by atoms with van der Waals surface area (Å²) in [5.74, 6) is 5.21. The van der Waals surface area contributed by atoms with Crippen LogP contribution in [0.3, 0.4) is 0 Å². The van der Waals surface area contributed by atoms with Crippen molar-refractivity contribution in [2.45, 2.75) is 168 Å². The summed E-state index contributed by atoms with van der Waals surface area (Å²) in [4.78, 5) is 26.3. The number of rotatable bonds is 9. The Morgan fingerprint density at radius 2 is 1.20 bits per heavy atom. The minimum atomic E-state index is -0.558. The number of aliphatic hydroxyl groups is 2. The highest BCUT2D eigenvalue weighted by atomic mass is 79.9. The SMILES string of the molecule is C.COC[C@]12CC[C@@](C)(O)C[C@H]1CC[C@H]1[C@@H]3CC[C@H](C(=O)CBr)[C@@]3(C)CC[C@@H]12.COC[C@]12CC[C@@](C)(O)C[C@H]1CC[C@H]1[C@@H]3CC[C@H](C(=O)Cn4nnc5c(F)cccc54)[C@@]3(C)CC[C@@H]12.Fc1cccc2n[nH]nc12.[2H][2H].[2H][2H].[2H][2H]. The second-order valence-corrected chi connectivity index (χ2v) is 26.3. The van der Waals surface area contributed by atoms with E-state index in [0.717, 1.165) is 96.2 Å². The van der Waals surface area contributed by atoms with Gasteiger partial charge in [-0.05, 0) is 223 Å². The second-order valence-electron chi connectivity index (χ2n) is 25.7. The number of ether oxygens (including phenoxy) is 2. The Kier molecular flexibility index (Phi) is 14.8. The molecule has 0 saturated heterocycles. The monoisotopic (exact) mass is 1100 g/mol. The Bertz CT molecular complexity index is 2670. The number of hydrogen-bond acceptors (Lipinski definition) is 10. The number of fused-ring (bicyclic) bond motifs is 12. The van der Waals surface area contributed by atoms with Crippen molar-refractivity contribution >= 4 is 49.6 Å². The number of ketones is 2. The number of carbonyl (C=O) groups is 2. The molecule has 12 nitrogen and oxygen atoms in total. The molecule has 2 heterocycles. The molecule has 2 aromatic carbocycles. The molecule has 8 aliphatic rings. The molecular formula is C59H91BrF2N6O6. The van der Waals surface area contributed by atoms with Gasteiger partial charge in [0.2, 0.25) is 0 Å². The van der Waals surface area contributed by atoms with E-state index in [4.69, 9.17) is 18.4 Å². The molecule has 16 atom stereocenters. The molecule has 3 N–H and O–H groups in total. The molecule has 0 aliphatic heterocycles. The first-order valence-electron chi connectivity index (χ1n) is 30.8. The summed E-state index contributed by atoms with van der Waals surface area (Å²) in [5, 5.41) is 39.8. The number of benzene rings is 2. The molecule has 12 rings (SSSR count). The highest BCUT2D eigenvalue weighted by Gasteiger charge is 2.65. The van der Waals surface area contributed by atoms with Crippen molar-refractivity contribution in [2.75, 3.05) is 32.8 Å². The zero-order chi connectivity index (χ0) is 57.7. The summed E-state index contributed by atoms with van der Waals surface area (Å²) >= 11 is 3.43. The lowest BCUT2D eigenvalue weighted by atomic mass is 9.43. The fourth-order valence-electron chi connectivity index (χ4n) is 18.9. The number of para-hydroxylation sites is 1. The van der Waals surface area contributed by atoms with Gasteiger partial charge >= 0.3 is 0 Å². The minimum absolute atomic E-state index is 0. The Morgan fingerprint density at radius 1 is 0.689 bits per heavy atom. The molecule has 15 heteroatoms. The first-order valence-corrected chi connectivity index (χ1v) is 28.9. The number of carbonyl (C=O) groups excluding carboxylic acids is 2. The van der Waals surface area contributed by atoms with Crippen molar-refractivity contribution < 1.29 is 47.0 Å². The van der Waals surface area contributed by atoms with E-state index >= 15 is 0 Å². The van der Waals surface area contributed by atoms with Gasteiger partial charge in [-0.2, -0.15) is 15.4 Å². The molecule has 0 spiro atoms. The van der Waals surface area contributed by atoms with Gasteiger partial charge in [0.05, 0.1) is 35.3 Å². The lowest BCUT2D eigenvalue weighted by Gasteiger charge is -2.62. The molecule has 8 aliphatic carbocycles. The van der Waals surface area contributed by atoms with E-state index in [-0.39, 0.29) is 64.6 Å². The molecule has 0 amide bonds. The zero-order valence-corrected chi connectivity index (χ0v) is 45.8.